The van der Waals surface area contributed by atoms with Gasteiger partial charge in [-0.15, -0.1) is 0 Å². The molecule has 2 saturated heterocycles. The molecule has 0 unspecified atom stereocenters. The Balaban J connectivity index is 1.28. The van der Waals surface area contributed by atoms with Crippen molar-refractivity contribution < 1.29 is 4.74 Å². The normalized spacial score (nSPS) is 16.8. The number of rotatable bonds is 11. The minimum atomic E-state index is -0.471. The van der Waals surface area contributed by atoms with E-state index >= 15 is 0 Å². The van der Waals surface area contributed by atoms with Gasteiger partial charge >= 0.3 is 196 Å². The van der Waals surface area contributed by atoms with Gasteiger partial charge in [0.1, 0.15) is 0 Å². The number of likely N-dealkylation sites (N-methyl/N-ethyl adjacent to an activating group) is 1. The van der Waals surface area contributed by atoms with Crippen molar-refractivity contribution in [3.05, 3.63) is 26.5 Å². The van der Waals surface area contributed by atoms with Crippen molar-refractivity contribution in [2.24, 2.45) is 0 Å². The van der Waals surface area contributed by atoms with E-state index in [-0.39, 0.29) is 26.9 Å². The Bertz CT molecular complexity index is 946. The molecule has 10 heteroatoms. The first kappa shape index (κ1) is 23.1. The summed E-state index contributed by atoms with van der Waals surface area (Å²) in [7, 11) is 3.53. The Morgan fingerprint density at radius 1 is 1.03 bits per heavy atom. The van der Waals surface area contributed by atoms with Crippen molar-refractivity contribution in [1.82, 2.24) is 14.9 Å². The quantitative estimate of drug-likeness (QED) is 0.338. The average Bonchev–Trinajstić information content (AvgIpc) is 3.52. The van der Waals surface area contributed by atoms with Gasteiger partial charge in [-0.25, -0.2) is 0 Å². The number of hydrogen-bond acceptors (Lipinski definition) is 9. The first-order valence-corrected chi connectivity index (χ1v) is 13.7. The van der Waals surface area contributed by atoms with E-state index in [1.807, 2.05) is 0 Å². The van der Waals surface area contributed by atoms with Crippen molar-refractivity contribution in [2.75, 3.05) is 75.1 Å². The van der Waals surface area contributed by atoms with E-state index in [2.05, 4.69) is 33.1 Å². The van der Waals surface area contributed by atoms with Crippen LogP contribution in [0.15, 0.2) is 15.7 Å². The predicted molar refractivity (Wildman–Crippen MR) is 129 cm³/mol. The maximum absolute atomic E-state index is 11.7. The number of anilines is 3. The summed E-state index contributed by atoms with van der Waals surface area (Å²) in [6, 6.07) is 2.08. The third-order valence-electron chi connectivity index (χ3n) is 6.12. The molecule has 2 aliphatic rings. The van der Waals surface area contributed by atoms with E-state index in [0.29, 0.717) is 4.35 Å². The van der Waals surface area contributed by atoms with Crippen LogP contribution in [0.3, 0.4) is 0 Å². The monoisotopic (exact) mass is 503 g/mol. The van der Waals surface area contributed by atoms with Gasteiger partial charge in [0.25, 0.3) is 0 Å². The molecule has 3 heterocycles. The summed E-state index contributed by atoms with van der Waals surface area (Å²) in [5, 5.41) is 4.39. The van der Waals surface area contributed by atoms with E-state index in [1.165, 1.54) is 32.8 Å². The summed E-state index contributed by atoms with van der Waals surface area (Å²) < 4.78 is 5.67. The van der Waals surface area contributed by atoms with Crippen molar-refractivity contribution >= 4 is 37.7 Å². The number of nitrogens with one attached hydrogen (secondary N) is 1. The number of hydrogen-bond donors (Lipinski definition) is 1. The van der Waals surface area contributed by atoms with Crippen LogP contribution in [0, 0.1) is 0 Å². The summed E-state index contributed by atoms with van der Waals surface area (Å²) in [6.07, 6.45) is 4.86. The molecule has 1 aromatic carbocycles. The van der Waals surface area contributed by atoms with Crippen LogP contribution >= 0.6 is 0 Å². The number of nitrogens with zero attached hydrogens (tertiary/aromatic N) is 5. The van der Waals surface area contributed by atoms with Crippen molar-refractivity contribution in [3.63, 3.8) is 0 Å². The van der Waals surface area contributed by atoms with E-state index in [0.717, 1.165) is 68.6 Å². The zero-order chi connectivity index (χ0) is 22.5. The Labute approximate surface area is 195 Å². The van der Waals surface area contributed by atoms with Crippen molar-refractivity contribution in [2.45, 2.75) is 30.9 Å². The molecule has 0 spiro atoms. The Morgan fingerprint density at radius 2 is 1.72 bits per heavy atom. The van der Waals surface area contributed by atoms with E-state index < -0.39 is 5.43 Å². The topological polar surface area (TPSA) is 90.9 Å². The van der Waals surface area contributed by atoms with Crippen LogP contribution in [0.4, 0.5) is 17.6 Å². The van der Waals surface area contributed by atoms with E-state index in [9.17, 15) is 9.59 Å². The Kier molecular flexibility index (Phi) is 7.68. The van der Waals surface area contributed by atoms with Crippen LogP contribution in [0.2, 0.25) is 5.21 Å². The maximum atomic E-state index is 11.7. The van der Waals surface area contributed by atoms with Gasteiger partial charge in [-0.2, -0.15) is 0 Å². The van der Waals surface area contributed by atoms with Crippen molar-refractivity contribution in [1.29, 1.82) is 0 Å². The van der Waals surface area contributed by atoms with Crippen LogP contribution in [0.1, 0.15) is 25.7 Å². The molecule has 0 bridgehead atoms. The zero-order valence-corrected chi connectivity index (χ0v) is 20.8. The molecule has 0 aliphatic carbocycles. The molecule has 1 N–H and O–H groups in total. The standard InChI is InChI=1S/C22H32AsN6O3/c1-27(13-7-23-18-19(30)20(31)21(18)32-2)14-8-24-16-15-17(28-9-3-4-10-28)26-22(25-16)29-11-5-6-12-29/h15H,3-14H2,1-2H3,(H,24,25,26). The van der Waals surface area contributed by atoms with Gasteiger partial charge in [0.05, 0.1) is 0 Å². The molecule has 9 nitrogen and oxygen atoms in total. The molecule has 4 rings (SSSR count). The third-order valence-corrected chi connectivity index (χ3v) is 8.52. The van der Waals surface area contributed by atoms with Gasteiger partial charge in [-0.05, 0) is 0 Å². The summed E-state index contributed by atoms with van der Waals surface area (Å²) >= 11 is -0.331. The molecule has 173 valence electrons. The Morgan fingerprint density at radius 3 is 2.41 bits per heavy atom. The fourth-order valence-corrected chi connectivity index (χ4v) is 6.81. The molecule has 32 heavy (non-hydrogen) atoms. The van der Waals surface area contributed by atoms with Crippen LogP contribution in [-0.2, 0) is 0 Å². The molecule has 2 fully saturated rings. The minimum absolute atomic E-state index is 0.283. The molecule has 2 aliphatic heterocycles. The number of ether oxygens (including phenoxy) is 1. The molecular formula is C22H32AsN6O3. The summed E-state index contributed by atoms with van der Waals surface area (Å²) in [5.74, 6) is 3.04. The van der Waals surface area contributed by atoms with Crippen LogP contribution in [-0.4, -0.2) is 90.6 Å². The van der Waals surface area contributed by atoms with Gasteiger partial charge < -0.3 is 0 Å². The van der Waals surface area contributed by atoms with E-state index in [4.69, 9.17) is 14.7 Å². The summed E-state index contributed by atoms with van der Waals surface area (Å²) in [6.45, 7) is 6.73. The molecule has 0 saturated carbocycles. The van der Waals surface area contributed by atoms with Gasteiger partial charge in [-0.1, -0.05) is 0 Å². The summed E-state index contributed by atoms with van der Waals surface area (Å²) in [5.41, 5.74) is -0.820. The predicted octanol–water partition coefficient (Wildman–Crippen LogP) is 0.0733. The van der Waals surface area contributed by atoms with Gasteiger partial charge in [-0.3, -0.25) is 0 Å². The van der Waals surface area contributed by atoms with Gasteiger partial charge in [0, 0.05) is 0 Å². The van der Waals surface area contributed by atoms with Crippen LogP contribution < -0.4 is 35.1 Å². The molecule has 0 atom stereocenters. The molecular weight excluding hydrogens is 471 g/mol. The van der Waals surface area contributed by atoms with E-state index in [1.54, 1.807) is 0 Å². The fourth-order valence-electron chi connectivity index (χ4n) is 4.19. The first-order valence-electron chi connectivity index (χ1n) is 11.4. The second-order valence-corrected chi connectivity index (χ2v) is 11.0. The van der Waals surface area contributed by atoms with Crippen molar-refractivity contribution in [3.8, 4) is 5.75 Å². The average molecular weight is 503 g/mol. The molecule has 1 radical (unpaired) electrons. The van der Waals surface area contributed by atoms with Crippen LogP contribution in [0.5, 0.6) is 5.75 Å². The first-order chi connectivity index (χ1) is 15.6. The second-order valence-electron chi connectivity index (χ2n) is 8.45. The second kappa shape index (κ2) is 10.7. The fraction of sp³-hybridized carbons (Fsp3) is 0.636. The number of aromatic nitrogens is 2. The summed E-state index contributed by atoms with van der Waals surface area (Å²) in [4.78, 5) is 39.7. The number of methoxy groups -OCH3 is 1. The van der Waals surface area contributed by atoms with Gasteiger partial charge in [0.2, 0.25) is 0 Å². The molecule has 1 aromatic heterocycles. The zero-order valence-electron chi connectivity index (χ0n) is 19.0. The molecule has 0 amide bonds. The molecule has 2 aromatic rings. The third kappa shape index (κ3) is 5.26. The van der Waals surface area contributed by atoms with Crippen LogP contribution in [0.25, 0.3) is 0 Å². The SMILES string of the molecule is COc1c([As]CCN(C)CCNc2cc(N3CCCC3)nc(N3CCCC3)n2)c(=O)c1=O. The van der Waals surface area contributed by atoms with Gasteiger partial charge in [0.15, 0.2) is 0 Å². The Hall–Kier alpha value is -2.12.